The molecule has 0 heterocycles. The molecule has 4 nitrogen and oxygen atoms in total. The third-order valence-corrected chi connectivity index (χ3v) is 2.52. The normalized spacial score (nSPS) is 11.9. The Labute approximate surface area is 111 Å². The van der Waals surface area contributed by atoms with E-state index in [1.54, 1.807) is 0 Å². The molecule has 0 aromatic heterocycles. The molecule has 0 aromatic rings. The lowest BCUT2D eigenvalue weighted by Gasteiger charge is -2.07. The van der Waals surface area contributed by atoms with Crippen LogP contribution in [-0.4, -0.2) is 38.9 Å². The van der Waals surface area contributed by atoms with E-state index in [9.17, 15) is 4.79 Å². The largest absolute Gasteiger partial charge is 0.466 e. The van der Waals surface area contributed by atoms with Crippen molar-refractivity contribution in [2.24, 2.45) is 0 Å². The van der Waals surface area contributed by atoms with E-state index in [1.807, 2.05) is 26.8 Å². The molecule has 4 heteroatoms. The van der Waals surface area contributed by atoms with Crippen molar-refractivity contribution >= 4 is 5.97 Å². The predicted molar refractivity (Wildman–Crippen MR) is 73.6 cm³/mol. The molecule has 0 spiro atoms. The summed E-state index contributed by atoms with van der Waals surface area (Å²) in [5.41, 5.74) is 0.730. The topological polar surface area (TPSA) is 47.6 Å². The zero-order valence-electron chi connectivity index (χ0n) is 12.1. The molecule has 0 radical (unpaired) electrons. The maximum atomic E-state index is 11.3. The first-order valence-electron chi connectivity index (χ1n) is 6.71. The molecule has 0 bridgehead atoms. The Morgan fingerprint density at radius 1 is 1.33 bits per heavy atom. The van der Waals surface area contributed by atoms with E-state index in [0.717, 1.165) is 31.6 Å². The molecule has 0 atom stereocenters. The molecule has 0 fully saturated rings. The summed E-state index contributed by atoms with van der Waals surface area (Å²) < 4.78 is 10.1. The van der Waals surface area contributed by atoms with Crippen LogP contribution in [0.15, 0.2) is 11.6 Å². The van der Waals surface area contributed by atoms with E-state index in [1.165, 1.54) is 7.11 Å². The first-order chi connectivity index (χ1) is 8.61. The van der Waals surface area contributed by atoms with Crippen LogP contribution in [0.5, 0.6) is 0 Å². The first kappa shape index (κ1) is 17.1. The van der Waals surface area contributed by atoms with E-state index in [-0.39, 0.29) is 5.97 Å². The van der Waals surface area contributed by atoms with Gasteiger partial charge in [0, 0.05) is 18.7 Å². The van der Waals surface area contributed by atoms with Crippen LogP contribution in [0.4, 0.5) is 0 Å². The molecule has 0 aliphatic heterocycles. The average molecular weight is 257 g/mol. The summed E-state index contributed by atoms with van der Waals surface area (Å²) in [6.45, 7) is 8.51. The van der Waals surface area contributed by atoms with Gasteiger partial charge in [-0.2, -0.15) is 0 Å². The zero-order chi connectivity index (χ0) is 13.8. The number of esters is 1. The summed E-state index contributed by atoms with van der Waals surface area (Å²) in [5.74, 6) is -0.232. The highest BCUT2D eigenvalue weighted by Crippen LogP contribution is 2.01. The molecule has 0 aliphatic carbocycles. The van der Waals surface area contributed by atoms with Gasteiger partial charge in [-0.3, -0.25) is 0 Å². The van der Waals surface area contributed by atoms with Crippen molar-refractivity contribution in [1.29, 1.82) is 0 Å². The Hall–Kier alpha value is -0.870. The quantitative estimate of drug-likeness (QED) is 0.370. The maximum absolute atomic E-state index is 11.3. The Bertz CT molecular complexity index is 249. The molecular weight excluding hydrogens is 230 g/mol. The second kappa shape index (κ2) is 11.2. The van der Waals surface area contributed by atoms with Crippen LogP contribution in [-0.2, 0) is 14.3 Å². The summed E-state index contributed by atoms with van der Waals surface area (Å²) in [7, 11) is 1.41. The standard InChI is InChI=1S/C14H27NO3/c1-5-13(14(16)17-4)8-10-15-9-6-7-11-18-12(2)3/h8,12,15H,5-7,9-11H2,1-4H3. The number of carbonyl (C=O) groups is 1. The minimum atomic E-state index is -0.232. The second-order valence-electron chi connectivity index (χ2n) is 4.41. The van der Waals surface area contributed by atoms with Crippen LogP contribution in [0.25, 0.3) is 0 Å². The zero-order valence-corrected chi connectivity index (χ0v) is 12.1. The number of nitrogens with one attached hydrogen (secondary N) is 1. The number of hydrogen-bond donors (Lipinski definition) is 1. The molecule has 1 N–H and O–H groups in total. The van der Waals surface area contributed by atoms with Crippen LogP contribution >= 0.6 is 0 Å². The molecular formula is C14H27NO3. The van der Waals surface area contributed by atoms with E-state index < -0.39 is 0 Å². The fourth-order valence-corrected chi connectivity index (χ4v) is 1.47. The lowest BCUT2D eigenvalue weighted by Crippen LogP contribution is -2.17. The average Bonchev–Trinajstić information content (AvgIpc) is 2.36. The van der Waals surface area contributed by atoms with Crippen LogP contribution in [0.2, 0.25) is 0 Å². The highest BCUT2D eigenvalue weighted by molar-refractivity contribution is 5.88. The van der Waals surface area contributed by atoms with Crippen molar-refractivity contribution in [1.82, 2.24) is 5.32 Å². The van der Waals surface area contributed by atoms with Gasteiger partial charge in [-0.25, -0.2) is 4.79 Å². The summed E-state index contributed by atoms with van der Waals surface area (Å²) in [5, 5.41) is 3.28. The third-order valence-electron chi connectivity index (χ3n) is 2.52. The van der Waals surface area contributed by atoms with Crippen molar-refractivity contribution in [3.05, 3.63) is 11.6 Å². The van der Waals surface area contributed by atoms with Crippen molar-refractivity contribution < 1.29 is 14.3 Å². The molecule has 0 saturated carbocycles. The summed E-state index contributed by atoms with van der Waals surface area (Å²) >= 11 is 0. The van der Waals surface area contributed by atoms with E-state index in [2.05, 4.69) is 10.1 Å². The van der Waals surface area contributed by atoms with Crippen molar-refractivity contribution in [2.75, 3.05) is 26.8 Å². The monoisotopic (exact) mass is 257 g/mol. The van der Waals surface area contributed by atoms with Gasteiger partial charge in [0.05, 0.1) is 13.2 Å². The minimum Gasteiger partial charge on any atom is -0.466 e. The van der Waals surface area contributed by atoms with Gasteiger partial charge >= 0.3 is 5.97 Å². The first-order valence-corrected chi connectivity index (χ1v) is 6.71. The van der Waals surface area contributed by atoms with Crippen LogP contribution < -0.4 is 5.32 Å². The summed E-state index contributed by atoms with van der Waals surface area (Å²) in [6.07, 6.45) is 5.06. The third kappa shape index (κ3) is 9.19. The maximum Gasteiger partial charge on any atom is 0.333 e. The molecule has 106 valence electrons. The summed E-state index contributed by atoms with van der Waals surface area (Å²) in [6, 6.07) is 0. The Morgan fingerprint density at radius 2 is 2.06 bits per heavy atom. The van der Waals surface area contributed by atoms with Crippen LogP contribution in [0.3, 0.4) is 0 Å². The smallest absolute Gasteiger partial charge is 0.333 e. The number of hydrogen-bond acceptors (Lipinski definition) is 4. The fraction of sp³-hybridized carbons (Fsp3) is 0.786. The number of ether oxygens (including phenoxy) is 2. The van der Waals surface area contributed by atoms with Gasteiger partial charge in [0.2, 0.25) is 0 Å². The molecule has 0 saturated heterocycles. The number of unbranched alkanes of at least 4 members (excludes halogenated alkanes) is 1. The number of carbonyl (C=O) groups excluding carboxylic acids is 1. The number of methoxy groups -OCH3 is 1. The lowest BCUT2D eigenvalue weighted by atomic mass is 10.2. The SMILES string of the molecule is CCC(=CCNCCCCOC(C)C)C(=O)OC. The fourth-order valence-electron chi connectivity index (χ4n) is 1.47. The van der Waals surface area contributed by atoms with Gasteiger partial charge in [-0.1, -0.05) is 13.0 Å². The minimum absolute atomic E-state index is 0.232. The Balaban J connectivity index is 3.54. The second-order valence-corrected chi connectivity index (χ2v) is 4.41. The molecule has 0 rings (SSSR count). The van der Waals surface area contributed by atoms with Gasteiger partial charge in [0.25, 0.3) is 0 Å². The van der Waals surface area contributed by atoms with Gasteiger partial charge in [0.15, 0.2) is 0 Å². The van der Waals surface area contributed by atoms with Crippen molar-refractivity contribution in [2.45, 2.75) is 46.1 Å². The lowest BCUT2D eigenvalue weighted by molar-refractivity contribution is -0.136. The Morgan fingerprint density at radius 3 is 2.61 bits per heavy atom. The van der Waals surface area contributed by atoms with Crippen molar-refractivity contribution in [3.63, 3.8) is 0 Å². The van der Waals surface area contributed by atoms with Gasteiger partial charge in [0.1, 0.15) is 0 Å². The molecule has 0 aromatic carbocycles. The van der Waals surface area contributed by atoms with E-state index in [0.29, 0.717) is 19.1 Å². The molecule has 0 amide bonds. The summed E-state index contributed by atoms with van der Waals surface area (Å²) in [4.78, 5) is 11.3. The van der Waals surface area contributed by atoms with Crippen LogP contribution in [0, 0.1) is 0 Å². The van der Waals surface area contributed by atoms with Gasteiger partial charge < -0.3 is 14.8 Å². The van der Waals surface area contributed by atoms with Gasteiger partial charge in [-0.05, 0) is 39.7 Å². The molecule has 18 heavy (non-hydrogen) atoms. The highest BCUT2D eigenvalue weighted by Gasteiger charge is 2.05. The van der Waals surface area contributed by atoms with E-state index in [4.69, 9.17) is 4.74 Å². The van der Waals surface area contributed by atoms with Crippen molar-refractivity contribution in [3.8, 4) is 0 Å². The van der Waals surface area contributed by atoms with Crippen LogP contribution in [0.1, 0.15) is 40.0 Å². The molecule has 0 unspecified atom stereocenters. The predicted octanol–water partition coefficient (Wildman–Crippen LogP) is 2.29. The highest BCUT2D eigenvalue weighted by atomic mass is 16.5. The number of rotatable bonds is 10. The Kier molecular flexibility index (Phi) is 10.7. The molecule has 0 aliphatic rings. The van der Waals surface area contributed by atoms with E-state index >= 15 is 0 Å². The van der Waals surface area contributed by atoms with Gasteiger partial charge in [-0.15, -0.1) is 0 Å².